The van der Waals surface area contributed by atoms with Gasteiger partial charge in [0.2, 0.25) is 0 Å². The second kappa shape index (κ2) is 8.01. The van der Waals surface area contributed by atoms with Crippen molar-refractivity contribution in [3.05, 3.63) is 74.2 Å². The zero-order valence-corrected chi connectivity index (χ0v) is 24.5. The van der Waals surface area contributed by atoms with E-state index >= 15 is 0 Å². The average Bonchev–Trinajstić information content (AvgIpc) is 3.37. The van der Waals surface area contributed by atoms with Gasteiger partial charge in [-0.1, -0.05) is 81.7 Å². The van der Waals surface area contributed by atoms with Gasteiger partial charge in [-0.2, -0.15) is 5.10 Å². The van der Waals surface area contributed by atoms with Gasteiger partial charge in [-0.25, -0.2) is 0 Å². The van der Waals surface area contributed by atoms with Gasteiger partial charge in [0.05, 0.1) is 27.5 Å². The fourth-order valence-electron chi connectivity index (χ4n) is 7.88. The summed E-state index contributed by atoms with van der Waals surface area (Å²) in [5.41, 5.74) is 2.97. The normalized spacial score (nSPS) is 41.6. The predicted octanol–water partition coefficient (Wildman–Crippen LogP) is 9.32. The van der Waals surface area contributed by atoms with Crippen molar-refractivity contribution in [1.82, 2.24) is 0 Å². The highest BCUT2D eigenvalue weighted by atomic mass is 35.5. The van der Waals surface area contributed by atoms with Crippen LogP contribution in [0.4, 0.5) is 5.69 Å². The van der Waals surface area contributed by atoms with Crippen LogP contribution in [0.25, 0.3) is 0 Å². The molecule has 36 heavy (non-hydrogen) atoms. The molecular formula is C26H18Cl8N2. The summed E-state index contributed by atoms with van der Waals surface area (Å²) in [6, 6.07) is 15.6. The van der Waals surface area contributed by atoms with E-state index in [1.807, 2.05) is 48.5 Å². The maximum atomic E-state index is 7.36. The molecule has 0 radical (unpaired) electrons. The van der Waals surface area contributed by atoms with Crippen molar-refractivity contribution in [2.45, 2.75) is 33.0 Å². The zero-order valence-electron chi connectivity index (χ0n) is 18.4. The number of hydrazone groups is 1. The Bertz CT molecular complexity index is 1340. The molecule has 4 bridgehead atoms. The summed E-state index contributed by atoms with van der Waals surface area (Å²) in [5, 5.41) is 9.22. The second-order valence-electron chi connectivity index (χ2n) is 10.4. The third-order valence-corrected chi connectivity index (χ3v) is 13.9. The zero-order chi connectivity index (χ0) is 25.4. The number of benzene rings is 2. The van der Waals surface area contributed by atoms with Gasteiger partial charge in [-0.15, -0.1) is 23.2 Å². The van der Waals surface area contributed by atoms with E-state index in [0.29, 0.717) is 10.0 Å². The number of halogens is 8. The van der Waals surface area contributed by atoms with Crippen LogP contribution in [0.5, 0.6) is 0 Å². The lowest BCUT2D eigenvalue weighted by Gasteiger charge is -2.59. The van der Waals surface area contributed by atoms with Crippen LogP contribution in [0.2, 0.25) is 10.0 Å². The van der Waals surface area contributed by atoms with E-state index in [2.05, 4.69) is 5.01 Å². The molecule has 5 aliphatic carbocycles. The van der Waals surface area contributed by atoms with Gasteiger partial charge in [-0.05, 0) is 78.5 Å². The molecule has 6 aliphatic rings. The fraction of sp³-hybridized carbons (Fsp3) is 0.423. The largest absolute Gasteiger partial charge is 0.261 e. The Balaban J connectivity index is 1.43. The lowest BCUT2D eigenvalue weighted by molar-refractivity contribution is -0.0131. The van der Waals surface area contributed by atoms with E-state index in [4.69, 9.17) is 97.9 Å². The van der Waals surface area contributed by atoms with Crippen molar-refractivity contribution in [2.24, 2.45) is 34.7 Å². The summed E-state index contributed by atoms with van der Waals surface area (Å²) in [6.07, 6.45) is 1.88. The molecule has 2 nitrogen and oxygen atoms in total. The van der Waals surface area contributed by atoms with Crippen LogP contribution >= 0.6 is 92.8 Å². The summed E-state index contributed by atoms with van der Waals surface area (Å²) < 4.78 is -1.55. The molecule has 8 atom stereocenters. The average molecular weight is 642 g/mol. The van der Waals surface area contributed by atoms with Crippen LogP contribution in [0, 0.1) is 29.6 Å². The summed E-state index contributed by atoms with van der Waals surface area (Å²) in [6.45, 7) is 0. The molecule has 8 rings (SSSR count). The minimum Gasteiger partial charge on any atom is -0.261 e. The first-order valence-electron chi connectivity index (χ1n) is 11.7. The first-order chi connectivity index (χ1) is 17.0. The van der Waals surface area contributed by atoms with E-state index in [1.165, 1.54) is 0 Å². The third kappa shape index (κ3) is 2.79. The lowest BCUT2D eigenvalue weighted by Crippen LogP contribution is -2.62. The quantitative estimate of drug-likeness (QED) is 0.299. The number of allylic oxidation sites excluding steroid dienone is 2. The van der Waals surface area contributed by atoms with Crippen LogP contribution < -0.4 is 5.01 Å². The molecule has 188 valence electrons. The van der Waals surface area contributed by atoms with Gasteiger partial charge in [0.1, 0.15) is 9.75 Å². The van der Waals surface area contributed by atoms with Gasteiger partial charge < -0.3 is 0 Å². The summed E-state index contributed by atoms with van der Waals surface area (Å²) in [7, 11) is 0. The molecule has 4 saturated carbocycles. The Hall–Kier alpha value is -0.0300. The molecule has 10 heteroatoms. The molecule has 4 fully saturated rings. The Labute approximate surface area is 249 Å². The molecule has 2 aromatic carbocycles. The van der Waals surface area contributed by atoms with Crippen molar-refractivity contribution < 1.29 is 0 Å². The van der Waals surface area contributed by atoms with Gasteiger partial charge in [0.15, 0.2) is 4.33 Å². The van der Waals surface area contributed by atoms with Crippen molar-refractivity contribution >= 4 is 104 Å². The number of hydrogen-bond acceptors (Lipinski definition) is 2. The Morgan fingerprint density at radius 2 is 1.19 bits per heavy atom. The minimum atomic E-state index is -1.55. The Morgan fingerprint density at radius 1 is 0.694 bits per heavy atom. The van der Waals surface area contributed by atoms with E-state index in [1.54, 1.807) is 0 Å². The minimum absolute atomic E-state index is 0.0273. The number of fused-ring (bicyclic) bond motifs is 3. The fourth-order valence-corrected chi connectivity index (χ4v) is 11.3. The molecule has 1 aliphatic heterocycles. The number of nitrogens with zero attached hydrogens (tertiary/aromatic N) is 2. The highest BCUT2D eigenvalue weighted by molar-refractivity contribution is 6.65. The molecule has 3 unspecified atom stereocenters. The van der Waals surface area contributed by atoms with E-state index < -0.39 is 14.1 Å². The SMILES string of the molecule is ClC1=C(Cl)[C@@]2(Cl)C3C([C@H]4CC[C@@H]3[C@@H]3C(c5ccc(Cl)cc5)=NN(c5ccc(Cl)cc5)[C@@H]34)C1(Cl)C2(Cl)Cl. The van der Waals surface area contributed by atoms with Gasteiger partial charge >= 0.3 is 0 Å². The first kappa shape index (κ1) is 25.0. The summed E-state index contributed by atoms with van der Waals surface area (Å²) in [4.78, 5) is -2.54. The van der Waals surface area contributed by atoms with E-state index in [-0.39, 0.29) is 45.7 Å². The lowest BCUT2D eigenvalue weighted by atomic mass is 9.49. The molecule has 0 N–H and O–H groups in total. The highest BCUT2D eigenvalue weighted by Gasteiger charge is 2.86. The van der Waals surface area contributed by atoms with Crippen LogP contribution in [0.3, 0.4) is 0 Å². The highest BCUT2D eigenvalue weighted by Crippen LogP contribution is 2.82. The summed E-state index contributed by atoms with van der Waals surface area (Å²) >= 11 is 54.8. The second-order valence-corrected chi connectivity index (χ2v) is 14.6. The molecule has 0 saturated heterocycles. The van der Waals surface area contributed by atoms with Crippen LogP contribution in [0.1, 0.15) is 18.4 Å². The van der Waals surface area contributed by atoms with Crippen molar-refractivity contribution in [3.63, 3.8) is 0 Å². The monoisotopic (exact) mass is 638 g/mol. The third-order valence-electron chi connectivity index (χ3n) is 9.12. The van der Waals surface area contributed by atoms with Crippen molar-refractivity contribution in [3.8, 4) is 0 Å². The molecule has 0 amide bonds. The maximum absolute atomic E-state index is 7.36. The van der Waals surface area contributed by atoms with Crippen molar-refractivity contribution in [2.75, 3.05) is 5.01 Å². The number of anilines is 1. The molecular weight excluding hydrogens is 624 g/mol. The number of hydrogen-bond donors (Lipinski definition) is 0. The number of rotatable bonds is 2. The molecule has 2 aromatic rings. The van der Waals surface area contributed by atoms with E-state index in [9.17, 15) is 0 Å². The van der Waals surface area contributed by atoms with Crippen LogP contribution in [-0.4, -0.2) is 25.8 Å². The van der Waals surface area contributed by atoms with Gasteiger partial charge in [-0.3, -0.25) is 5.01 Å². The van der Waals surface area contributed by atoms with Gasteiger partial charge in [0.25, 0.3) is 0 Å². The topological polar surface area (TPSA) is 15.6 Å². The van der Waals surface area contributed by atoms with Gasteiger partial charge in [0, 0.05) is 16.0 Å². The standard InChI is InChI=1S/C26H18Cl8N2/c27-12-3-1-11(2-4-12)20-17-15-9-10-16(21(17)36(35-20)14-7-5-13(28)6-8-14)19-18(15)24(31)22(29)23(30)25(19,32)26(24,33)34/h1-8,15-19,21H,9-10H2/t15-,16-,17-,18?,19?,21-,24+,25?/m1/s1. The maximum Gasteiger partial charge on any atom is 0.166 e. The number of alkyl halides is 4. The Morgan fingerprint density at radius 3 is 1.78 bits per heavy atom. The molecule has 1 heterocycles. The van der Waals surface area contributed by atoms with E-state index in [0.717, 1.165) is 29.8 Å². The Kier molecular flexibility index (Phi) is 5.56. The van der Waals surface area contributed by atoms with Crippen molar-refractivity contribution in [1.29, 1.82) is 0 Å². The van der Waals surface area contributed by atoms with Crippen LogP contribution in [0.15, 0.2) is 63.7 Å². The molecule has 0 spiro atoms. The predicted molar refractivity (Wildman–Crippen MR) is 153 cm³/mol. The summed E-state index contributed by atoms with van der Waals surface area (Å²) in [5.74, 6) is -0.0435. The smallest absolute Gasteiger partial charge is 0.166 e. The first-order valence-corrected chi connectivity index (χ1v) is 14.8. The van der Waals surface area contributed by atoms with Crippen LogP contribution in [-0.2, 0) is 0 Å². The molecule has 0 aromatic heterocycles.